The zero-order chi connectivity index (χ0) is 13.5. The van der Waals surface area contributed by atoms with E-state index in [1.165, 1.54) is 0 Å². The van der Waals surface area contributed by atoms with Crippen LogP contribution in [0.1, 0.15) is 30.4 Å². The number of rotatable bonds is 3. The van der Waals surface area contributed by atoms with Gasteiger partial charge in [0.2, 0.25) is 5.78 Å². The summed E-state index contributed by atoms with van der Waals surface area (Å²) < 4.78 is 0. The Morgan fingerprint density at radius 2 is 1.58 bits per heavy atom. The van der Waals surface area contributed by atoms with Crippen LogP contribution in [0.25, 0.3) is 0 Å². The molecule has 0 fully saturated rings. The summed E-state index contributed by atoms with van der Waals surface area (Å²) in [7, 11) is 0. The average Bonchev–Trinajstić information content (AvgIpc) is 2.48. The number of hydrogen-bond donors (Lipinski definition) is 0. The molecular weight excluding hydrogens is 232 g/mol. The molecule has 0 aromatic heterocycles. The Bertz CT molecular complexity index is 588. The van der Waals surface area contributed by atoms with E-state index in [0.29, 0.717) is 0 Å². The molecule has 0 aliphatic rings. The molecule has 19 heavy (non-hydrogen) atoms. The lowest BCUT2D eigenvalue weighted by Gasteiger charge is -2.09. The number of Topliss-reactive ketones (excluding diaryl/α,β-unsaturated/α-hetero) is 1. The molecule has 0 aliphatic carbocycles. The van der Waals surface area contributed by atoms with Crippen molar-refractivity contribution < 1.29 is 4.79 Å². The number of ketones is 1. The monoisotopic (exact) mass is 248 g/mol. The van der Waals surface area contributed by atoms with Crippen molar-refractivity contribution in [2.45, 2.75) is 19.3 Å². The van der Waals surface area contributed by atoms with Gasteiger partial charge in [-0.15, -0.1) is 0 Å². The summed E-state index contributed by atoms with van der Waals surface area (Å²) in [5.74, 6) is 5.55. The molecule has 1 heteroatoms. The van der Waals surface area contributed by atoms with Gasteiger partial charge in [0, 0.05) is 5.56 Å². The average molecular weight is 248 g/mol. The third-order valence-corrected chi connectivity index (χ3v) is 3.03. The fraction of sp³-hybridized carbons (Fsp3) is 0.167. The highest BCUT2D eigenvalue weighted by atomic mass is 16.1. The summed E-state index contributed by atoms with van der Waals surface area (Å²) in [5.41, 5.74) is 1.91. The van der Waals surface area contributed by atoms with Crippen molar-refractivity contribution in [2.75, 3.05) is 0 Å². The highest BCUT2D eigenvalue weighted by Gasteiger charge is 2.15. The first kappa shape index (κ1) is 13.1. The van der Waals surface area contributed by atoms with Crippen molar-refractivity contribution in [3.05, 3.63) is 71.8 Å². The van der Waals surface area contributed by atoms with Gasteiger partial charge in [-0.1, -0.05) is 61.4 Å². The van der Waals surface area contributed by atoms with Gasteiger partial charge in [0.15, 0.2) is 0 Å². The van der Waals surface area contributed by atoms with Gasteiger partial charge in [0.05, 0.1) is 5.92 Å². The van der Waals surface area contributed by atoms with E-state index in [9.17, 15) is 4.79 Å². The summed E-state index contributed by atoms with van der Waals surface area (Å²) in [4.78, 5) is 12.2. The molecule has 2 aromatic carbocycles. The summed E-state index contributed by atoms with van der Waals surface area (Å²) >= 11 is 0. The maximum atomic E-state index is 12.2. The fourth-order valence-corrected chi connectivity index (χ4v) is 2.00. The van der Waals surface area contributed by atoms with Crippen molar-refractivity contribution >= 4 is 5.78 Å². The van der Waals surface area contributed by atoms with Crippen LogP contribution in [0.15, 0.2) is 60.7 Å². The number of carbonyl (C=O) groups is 1. The Kier molecular flexibility index (Phi) is 4.53. The molecule has 0 bridgehead atoms. The topological polar surface area (TPSA) is 17.1 Å². The summed E-state index contributed by atoms with van der Waals surface area (Å²) in [6.07, 6.45) is 0.770. The van der Waals surface area contributed by atoms with E-state index in [1.54, 1.807) is 0 Å². The van der Waals surface area contributed by atoms with Crippen LogP contribution in [-0.4, -0.2) is 5.78 Å². The highest BCUT2D eigenvalue weighted by Crippen LogP contribution is 2.19. The van der Waals surface area contributed by atoms with Crippen LogP contribution >= 0.6 is 0 Å². The minimum absolute atomic E-state index is 0.0162. The van der Waals surface area contributed by atoms with Gasteiger partial charge in [-0.05, 0) is 30.0 Å². The van der Waals surface area contributed by atoms with Gasteiger partial charge in [0.25, 0.3) is 0 Å². The first-order valence-corrected chi connectivity index (χ1v) is 6.47. The second-order valence-corrected chi connectivity index (χ2v) is 4.35. The highest BCUT2D eigenvalue weighted by molar-refractivity contribution is 6.00. The van der Waals surface area contributed by atoms with E-state index >= 15 is 0 Å². The van der Waals surface area contributed by atoms with Crippen molar-refractivity contribution in [3.63, 3.8) is 0 Å². The quantitative estimate of drug-likeness (QED) is 0.755. The molecule has 0 aliphatic heterocycles. The molecule has 1 atom stereocenters. The normalized spacial score (nSPS) is 11.2. The lowest BCUT2D eigenvalue weighted by molar-refractivity contribution is -0.115. The first-order chi connectivity index (χ1) is 9.31. The molecule has 1 unspecified atom stereocenters. The zero-order valence-electron chi connectivity index (χ0n) is 11.0. The standard InChI is InChI=1S/C18H16O/c1-2-17(16-11-7-4-8-12-16)18(19)14-13-15-9-5-3-6-10-15/h3-12,17H,2H2,1H3. The summed E-state index contributed by atoms with van der Waals surface area (Å²) in [6, 6.07) is 19.4. The predicted molar refractivity (Wildman–Crippen MR) is 77.8 cm³/mol. The van der Waals surface area contributed by atoms with Crippen LogP contribution in [0.5, 0.6) is 0 Å². The minimum atomic E-state index is -0.127. The van der Waals surface area contributed by atoms with Gasteiger partial charge in [-0.2, -0.15) is 0 Å². The van der Waals surface area contributed by atoms with Crippen LogP contribution in [0.2, 0.25) is 0 Å². The summed E-state index contributed by atoms with van der Waals surface area (Å²) in [6.45, 7) is 2.01. The maximum Gasteiger partial charge on any atom is 0.213 e. The molecule has 0 radical (unpaired) electrons. The van der Waals surface area contributed by atoms with E-state index < -0.39 is 0 Å². The van der Waals surface area contributed by atoms with Crippen molar-refractivity contribution in [3.8, 4) is 11.8 Å². The Balaban J connectivity index is 2.17. The van der Waals surface area contributed by atoms with Gasteiger partial charge < -0.3 is 0 Å². The third kappa shape index (κ3) is 3.56. The van der Waals surface area contributed by atoms with Crippen LogP contribution in [0.3, 0.4) is 0 Å². The van der Waals surface area contributed by atoms with Gasteiger partial charge in [-0.3, -0.25) is 4.79 Å². The van der Waals surface area contributed by atoms with Crippen LogP contribution in [-0.2, 0) is 4.79 Å². The molecule has 2 aromatic rings. The van der Waals surface area contributed by atoms with Crippen molar-refractivity contribution in [2.24, 2.45) is 0 Å². The van der Waals surface area contributed by atoms with Crippen molar-refractivity contribution in [1.82, 2.24) is 0 Å². The van der Waals surface area contributed by atoms with Gasteiger partial charge in [-0.25, -0.2) is 0 Å². The SMILES string of the molecule is CCC(C(=O)C#Cc1ccccc1)c1ccccc1. The molecular formula is C18H16O. The molecule has 94 valence electrons. The molecule has 0 N–H and O–H groups in total. The second-order valence-electron chi connectivity index (χ2n) is 4.35. The zero-order valence-corrected chi connectivity index (χ0v) is 11.0. The number of hydrogen-bond acceptors (Lipinski definition) is 1. The summed E-state index contributed by atoms with van der Waals surface area (Å²) in [5, 5.41) is 0. The van der Waals surface area contributed by atoms with Crippen LogP contribution in [0, 0.1) is 11.8 Å². The molecule has 0 amide bonds. The largest absolute Gasteiger partial charge is 0.284 e. The van der Waals surface area contributed by atoms with Crippen LogP contribution < -0.4 is 0 Å². The van der Waals surface area contributed by atoms with E-state index in [-0.39, 0.29) is 11.7 Å². The van der Waals surface area contributed by atoms with E-state index in [0.717, 1.165) is 17.5 Å². The predicted octanol–water partition coefficient (Wildman–Crippen LogP) is 3.80. The minimum Gasteiger partial charge on any atom is -0.284 e. The van der Waals surface area contributed by atoms with Gasteiger partial charge in [0.1, 0.15) is 0 Å². The Labute approximate surface area is 114 Å². The molecule has 0 saturated carbocycles. The Morgan fingerprint density at radius 1 is 1.00 bits per heavy atom. The van der Waals surface area contributed by atoms with E-state index in [1.807, 2.05) is 67.6 Å². The van der Waals surface area contributed by atoms with E-state index in [4.69, 9.17) is 0 Å². The molecule has 0 heterocycles. The fourth-order valence-electron chi connectivity index (χ4n) is 2.00. The third-order valence-electron chi connectivity index (χ3n) is 3.03. The Morgan fingerprint density at radius 3 is 2.16 bits per heavy atom. The molecule has 0 spiro atoms. The van der Waals surface area contributed by atoms with E-state index in [2.05, 4.69) is 11.8 Å². The maximum absolute atomic E-state index is 12.2. The molecule has 1 nitrogen and oxygen atoms in total. The number of benzene rings is 2. The Hall–Kier alpha value is -2.33. The van der Waals surface area contributed by atoms with Crippen molar-refractivity contribution in [1.29, 1.82) is 0 Å². The van der Waals surface area contributed by atoms with Gasteiger partial charge >= 0.3 is 0 Å². The smallest absolute Gasteiger partial charge is 0.213 e. The second kappa shape index (κ2) is 6.56. The number of carbonyl (C=O) groups excluding carboxylic acids is 1. The molecule has 0 saturated heterocycles. The first-order valence-electron chi connectivity index (χ1n) is 6.47. The lowest BCUT2D eigenvalue weighted by atomic mass is 9.92. The lowest BCUT2D eigenvalue weighted by Crippen LogP contribution is -2.09. The molecule has 2 rings (SSSR count). The van der Waals surface area contributed by atoms with Crippen LogP contribution in [0.4, 0.5) is 0 Å².